The summed E-state index contributed by atoms with van der Waals surface area (Å²) >= 11 is 5.30. The average Bonchev–Trinajstić information content (AvgIpc) is 2.97. The molecule has 3 rings (SSSR count). The van der Waals surface area contributed by atoms with Crippen LogP contribution in [0.4, 0.5) is 0 Å². The van der Waals surface area contributed by atoms with Gasteiger partial charge < -0.3 is 9.32 Å². The molecule has 5 nitrogen and oxygen atoms in total. The summed E-state index contributed by atoms with van der Waals surface area (Å²) < 4.78 is 7.34. The van der Waals surface area contributed by atoms with Crippen molar-refractivity contribution in [2.45, 2.75) is 33.0 Å². The first-order chi connectivity index (χ1) is 12.0. The van der Waals surface area contributed by atoms with Gasteiger partial charge in [-0.25, -0.2) is 0 Å². The molecule has 0 spiro atoms. The van der Waals surface area contributed by atoms with Crippen LogP contribution in [-0.2, 0) is 13.2 Å². The van der Waals surface area contributed by atoms with Crippen molar-refractivity contribution in [3.8, 4) is 11.5 Å². The number of quaternary nitrogens is 1. The second-order valence-corrected chi connectivity index (χ2v) is 6.95. The minimum Gasteiger partial charge on any atom is -0.409 e. The molecule has 0 aliphatic carbocycles. The zero-order chi connectivity index (χ0) is 17.8. The minimum atomic E-state index is 0.383. The molecular formula is C19H23N4OS+. The number of hydrogen-bond donors (Lipinski definition) is 1. The van der Waals surface area contributed by atoms with Gasteiger partial charge in [-0.3, -0.25) is 4.98 Å². The predicted octanol–water partition coefficient (Wildman–Crippen LogP) is 3.06. The van der Waals surface area contributed by atoms with Gasteiger partial charge in [0, 0.05) is 18.0 Å². The molecule has 2 heterocycles. The van der Waals surface area contributed by atoms with E-state index in [0.717, 1.165) is 12.1 Å². The van der Waals surface area contributed by atoms with Crippen LogP contribution in [0.3, 0.4) is 0 Å². The molecule has 3 aromatic rings. The Kier molecular flexibility index (Phi) is 5.40. The van der Waals surface area contributed by atoms with Crippen LogP contribution in [0.15, 0.2) is 53.2 Å². The molecule has 6 heteroatoms. The number of rotatable bonds is 6. The summed E-state index contributed by atoms with van der Waals surface area (Å²) in [6, 6.07) is 12.6. The molecule has 1 atom stereocenters. The lowest BCUT2D eigenvalue weighted by Crippen LogP contribution is -3.07. The third-order valence-electron chi connectivity index (χ3n) is 4.09. The van der Waals surface area contributed by atoms with Crippen molar-refractivity contribution >= 4 is 12.2 Å². The molecule has 0 saturated carbocycles. The Bertz CT molecular complexity index is 868. The predicted molar refractivity (Wildman–Crippen MR) is 99.7 cm³/mol. The van der Waals surface area contributed by atoms with Gasteiger partial charge in [0.2, 0.25) is 5.89 Å². The lowest BCUT2D eigenvalue weighted by Gasteiger charge is -2.14. The van der Waals surface area contributed by atoms with Gasteiger partial charge in [-0.15, -0.1) is 5.10 Å². The van der Waals surface area contributed by atoms with Crippen molar-refractivity contribution < 1.29 is 9.32 Å². The highest BCUT2D eigenvalue weighted by atomic mass is 32.1. The van der Waals surface area contributed by atoms with Crippen LogP contribution in [-0.4, -0.2) is 21.8 Å². The molecule has 0 aliphatic heterocycles. The molecule has 1 N–H and O–H groups in total. The van der Waals surface area contributed by atoms with Crippen LogP contribution in [0, 0.1) is 4.84 Å². The second-order valence-electron chi connectivity index (χ2n) is 6.60. The Morgan fingerprint density at radius 1 is 1.20 bits per heavy atom. The lowest BCUT2D eigenvalue weighted by atomic mass is 10.0. The number of pyridine rings is 1. The van der Waals surface area contributed by atoms with Crippen molar-refractivity contribution in [2.24, 2.45) is 0 Å². The van der Waals surface area contributed by atoms with Crippen LogP contribution in [0.1, 0.15) is 30.9 Å². The third kappa shape index (κ3) is 4.41. The van der Waals surface area contributed by atoms with E-state index in [-0.39, 0.29) is 0 Å². The van der Waals surface area contributed by atoms with Crippen molar-refractivity contribution in [1.29, 1.82) is 0 Å². The molecule has 0 amide bonds. The highest BCUT2D eigenvalue weighted by Gasteiger charge is 2.12. The third-order valence-corrected chi connectivity index (χ3v) is 4.38. The first-order valence-corrected chi connectivity index (χ1v) is 8.82. The SMILES string of the molecule is CC(C)c1ccc(C[NH+](C)Cn2nc(-c3cccnc3)oc2=S)cc1. The Balaban J connectivity index is 1.68. The molecule has 130 valence electrons. The fourth-order valence-electron chi connectivity index (χ4n) is 2.69. The number of aromatic nitrogens is 3. The first-order valence-electron chi connectivity index (χ1n) is 8.41. The minimum absolute atomic E-state index is 0.383. The molecule has 1 aromatic carbocycles. The Morgan fingerprint density at radius 2 is 1.96 bits per heavy atom. The van der Waals surface area contributed by atoms with E-state index in [1.54, 1.807) is 17.1 Å². The second kappa shape index (κ2) is 7.72. The average molecular weight is 355 g/mol. The molecule has 2 aromatic heterocycles. The maximum absolute atomic E-state index is 5.61. The summed E-state index contributed by atoms with van der Waals surface area (Å²) in [4.78, 5) is 5.75. The van der Waals surface area contributed by atoms with Gasteiger partial charge in [0.25, 0.3) is 4.84 Å². The molecule has 0 radical (unpaired) electrons. The van der Waals surface area contributed by atoms with Crippen LogP contribution in [0.5, 0.6) is 0 Å². The standard InChI is InChI=1S/C19H22N4OS/c1-14(2)16-8-6-15(7-9-16)12-22(3)13-23-19(25)24-18(21-23)17-5-4-10-20-11-17/h4-11,14H,12-13H2,1-3H3/p+1. The lowest BCUT2D eigenvalue weighted by molar-refractivity contribution is -0.917. The molecule has 0 fully saturated rings. The number of hydrogen-bond acceptors (Lipinski definition) is 4. The van der Waals surface area contributed by atoms with Crippen molar-refractivity contribution in [3.63, 3.8) is 0 Å². The van der Waals surface area contributed by atoms with E-state index in [0.29, 0.717) is 23.3 Å². The topological polar surface area (TPSA) is 48.3 Å². The maximum atomic E-state index is 5.61. The summed E-state index contributed by atoms with van der Waals surface area (Å²) in [7, 11) is 2.12. The van der Waals surface area contributed by atoms with Gasteiger partial charge in [0.05, 0.1) is 12.6 Å². The summed E-state index contributed by atoms with van der Waals surface area (Å²) in [5, 5.41) is 4.48. The first kappa shape index (κ1) is 17.5. The van der Waals surface area contributed by atoms with Crippen LogP contribution >= 0.6 is 12.2 Å². The zero-order valence-corrected chi connectivity index (χ0v) is 15.6. The Labute approximate surface area is 152 Å². The quantitative estimate of drug-likeness (QED) is 0.691. The molecule has 0 aliphatic rings. The van der Waals surface area contributed by atoms with E-state index in [9.17, 15) is 0 Å². The van der Waals surface area contributed by atoms with Crippen LogP contribution in [0.25, 0.3) is 11.5 Å². The van der Waals surface area contributed by atoms with E-state index in [2.05, 4.69) is 55.2 Å². The fourth-order valence-corrected chi connectivity index (χ4v) is 2.88. The van der Waals surface area contributed by atoms with E-state index >= 15 is 0 Å². The Hall–Kier alpha value is -2.31. The van der Waals surface area contributed by atoms with E-state index < -0.39 is 0 Å². The number of nitrogens with one attached hydrogen (secondary N) is 1. The normalized spacial score (nSPS) is 12.5. The molecule has 0 saturated heterocycles. The summed E-state index contributed by atoms with van der Waals surface area (Å²) in [6.07, 6.45) is 3.44. The van der Waals surface area contributed by atoms with Crippen LogP contribution < -0.4 is 4.90 Å². The van der Waals surface area contributed by atoms with Gasteiger partial charge in [-0.1, -0.05) is 38.1 Å². The largest absolute Gasteiger partial charge is 0.409 e. The van der Waals surface area contributed by atoms with Gasteiger partial charge in [0.15, 0.2) is 6.67 Å². The molecular weight excluding hydrogens is 332 g/mol. The highest BCUT2D eigenvalue weighted by Crippen LogP contribution is 2.16. The fraction of sp³-hybridized carbons (Fsp3) is 0.316. The Morgan fingerprint density at radius 3 is 2.60 bits per heavy atom. The zero-order valence-electron chi connectivity index (χ0n) is 14.8. The van der Waals surface area contributed by atoms with E-state index in [1.807, 2.05) is 12.1 Å². The van der Waals surface area contributed by atoms with E-state index in [4.69, 9.17) is 16.6 Å². The highest BCUT2D eigenvalue weighted by molar-refractivity contribution is 7.71. The van der Waals surface area contributed by atoms with E-state index in [1.165, 1.54) is 16.0 Å². The molecule has 1 unspecified atom stereocenters. The van der Waals surface area contributed by atoms with Gasteiger partial charge in [-0.2, -0.15) is 4.68 Å². The van der Waals surface area contributed by atoms with Crippen LogP contribution in [0.2, 0.25) is 0 Å². The molecule has 25 heavy (non-hydrogen) atoms. The van der Waals surface area contributed by atoms with Crippen molar-refractivity contribution in [1.82, 2.24) is 14.8 Å². The van der Waals surface area contributed by atoms with Crippen molar-refractivity contribution in [3.05, 3.63) is 64.8 Å². The van der Waals surface area contributed by atoms with Gasteiger partial charge in [0.1, 0.15) is 6.54 Å². The van der Waals surface area contributed by atoms with Crippen molar-refractivity contribution in [2.75, 3.05) is 7.05 Å². The van der Waals surface area contributed by atoms with Gasteiger partial charge in [-0.05, 0) is 35.8 Å². The summed E-state index contributed by atoms with van der Waals surface area (Å²) in [5.41, 5.74) is 3.49. The smallest absolute Gasteiger partial charge is 0.292 e. The summed E-state index contributed by atoms with van der Waals surface area (Å²) in [5.74, 6) is 1.06. The number of nitrogens with zero attached hydrogens (tertiary/aromatic N) is 3. The number of benzene rings is 1. The molecule has 0 bridgehead atoms. The van der Waals surface area contributed by atoms with Gasteiger partial charge >= 0.3 is 0 Å². The summed E-state index contributed by atoms with van der Waals surface area (Å²) in [6.45, 7) is 5.96. The monoisotopic (exact) mass is 355 g/mol. The maximum Gasteiger partial charge on any atom is 0.292 e.